The fraction of sp³-hybridized carbons (Fsp3) is 0.400. The summed E-state index contributed by atoms with van der Waals surface area (Å²) < 4.78 is 9.62. The van der Waals surface area contributed by atoms with Crippen molar-refractivity contribution in [1.82, 2.24) is 15.5 Å². The lowest BCUT2D eigenvalue weighted by Gasteiger charge is -2.18. The van der Waals surface area contributed by atoms with Gasteiger partial charge in [-0.15, -0.1) is 0 Å². The van der Waals surface area contributed by atoms with Gasteiger partial charge in [0.25, 0.3) is 0 Å². The number of urea groups is 1. The summed E-state index contributed by atoms with van der Waals surface area (Å²) in [5.74, 6) is -0.680. The molecule has 0 aliphatic heterocycles. The highest BCUT2D eigenvalue weighted by Gasteiger charge is 2.23. The third kappa shape index (κ3) is 6.68. The van der Waals surface area contributed by atoms with Crippen LogP contribution in [0.25, 0.3) is 0 Å². The van der Waals surface area contributed by atoms with Gasteiger partial charge in [0.05, 0.1) is 13.7 Å². The van der Waals surface area contributed by atoms with Crippen LogP contribution >= 0.6 is 0 Å². The molecule has 0 spiro atoms. The van der Waals surface area contributed by atoms with E-state index < -0.39 is 24.1 Å². The highest BCUT2D eigenvalue weighted by Crippen LogP contribution is 2.01. The van der Waals surface area contributed by atoms with Gasteiger partial charge in [-0.1, -0.05) is 30.3 Å². The number of nitrogens with zero attached hydrogens (tertiary/aromatic N) is 1. The third-order valence-electron chi connectivity index (χ3n) is 2.85. The molecule has 0 unspecified atom stereocenters. The normalized spacial score (nSPS) is 11.1. The van der Waals surface area contributed by atoms with Crippen LogP contribution in [0.5, 0.6) is 0 Å². The minimum absolute atomic E-state index is 0.0740. The van der Waals surface area contributed by atoms with Crippen LogP contribution < -0.4 is 10.6 Å². The number of carbonyl (C=O) groups excluding carboxylic acids is 3. The van der Waals surface area contributed by atoms with Gasteiger partial charge in [-0.25, -0.2) is 14.4 Å². The monoisotopic (exact) mass is 323 g/mol. The SMILES string of the molecule is COC(=O)[C@H](CNC(=O)N(C)C)NC(=O)OCc1ccccc1. The van der Waals surface area contributed by atoms with E-state index in [4.69, 9.17) is 4.74 Å². The van der Waals surface area contributed by atoms with E-state index in [1.54, 1.807) is 14.1 Å². The number of ether oxygens (including phenoxy) is 2. The second kappa shape index (κ2) is 9.29. The molecule has 1 rings (SSSR count). The zero-order chi connectivity index (χ0) is 17.2. The first kappa shape index (κ1) is 18.3. The van der Waals surface area contributed by atoms with Crippen LogP contribution in [0, 0.1) is 0 Å². The predicted molar refractivity (Wildman–Crippen MR) is 82.7 cm³/mol. The Morgan fingerprint density at radius 2 is 1.83 bits per heavy atom. The maximum atomic E-state index is 11.8. The zero-order valence-corrected chi connectivity index (χ0v) is 13.4. The van der Waals surface area contributed by atoms with Crippen LogP contribution in [0.3, 0.4) is 0 Å². The van der Waals surface area contributed by atoms with E-state index in [9.17, 15) is 14.4 Å². The molecule has 0 fully saturated rings. The lowest BCUT2D eigenvalue weighted by Crippen LogP contribution is -2.50. The molecule has 8 heteroatoms. The summed E-state index contributed by atoms with van der Waals surface area (Å²) in [5.41, 5.74) is 0.818. The molecule has 0 heterocycles. The number of alkyl carbamates (subject to hydrolysis) is 1. The van der Waals surface area contributed by atoms with Crippen molar-refractivity contribution in [3.63, 3.8) is 0 Å². The molecule has 2 N–H and O–H groups in total. The molecular formula is C15H21N3O5. The molecule has 0 bridgehead atoms. The molecule has 0 saturated carbocycles. The van der Waals surface area contributed by atoms with Crippen molar-refractivity contribution in [2.24, 2.45) is 0 Å². The van der Waals surface area contributed by atoms with Crippen LogP contribution in [-0.4, -0.2) is 56.8 Å². The predicted octanol–water partition coefficient (Wildman–Crippen LogP) is 0.726. The van der Waals surface area contributed by atoms with E-state index in [-0.39, 0.29) is 13.2 Å². The van der Waals surface area contributed by atoms with E-state index >= 15 is 0 Å². The Hall–Kier alpha value is -2.77. The molecule has 0 aromatic heterocycles. The summed E-state index contributed by atoms with van der Waals surface area (Å²) in [6.07, 6.45) is -0.775. The van der Waals surface area contributed by atoms with Crippen LogP contribution in [-0.2, 0) is 20.9 Å². The Kier molecular flexibility index (Phi) is 7.38. The third-order valence-corrected chi connectivity index (χ3v) is 2.85. The fourth-order valence-corrected chi connectivity index (χ4v) is 1.59. The lowest BCUT2D eigenvalue weighted by atomic mass is 10.2. The first-order valence-corrected chi connectivity index (χ1v) is 6.94. The van der Waals surface area contributed by atoms with Crippen molar-refractivity contribution < 1.29 is 23.9 Å². The smallest absolute Gasteiger partial charge is 0.408 e. The topological polar surface area (TPSA) is 97.0 Å². The minimum Gasteiger partial charge on any atom is -0.467 e. The minimum atomic E-state index is -1.04. The molecular weight excluding hydrogens is 302 g/mol. The van der Waals surface area contributed by atoms with Crippen molar-refractivity contribution in [3.05, 3.63) is 35.9 Å². The number of esters is 1. The van der Waals surface area contributed by atoms with Gasteiger partial charge in [-0.3, -0.25) is 0 Å². The first-order valence-electron chi connectivity index (χ1n) is 6.94. The molecule has 23 heavy (non-hydrogen) atoms. The van der Waals surface area contributed by atoms with Gasteiger partial charge in [0.1, 0.15) is 12.6 Å². The van der Waals surface area contributed by atoms with Crippen LogP contribution in [0.2, 0.25) is 0 Å². The number of amides is 3. The molecule has 1 aromatic carbocycles. The quantitative estimate of drug-likeness (QED) is 0.752. The van der Waals surface area contributed by atoms with Gasteiger partial charge in [0.2, 0.25) is 0 Å². The Bertz CT molecular complexity index is 533. The second-order valence-electron chi connectivity index (χ2n) is 4.86. The maximum Gasteiger partial charge on any atom is 0.408 e. The highest BCUT2D eigenvalue weighted by molar-refractivity contribution is 5.82. The number of carbonyl (C=O) groups is 3. The Morgan fingerprint density at radius 3 is 2.39 bits per heavy atom. The number of nitrogens with one attached hydrogen (secondary N) is 2. The van der Waals surface area contributed by atoms with Gasteiger partial charge in [-0.2, -0.15) is 0 Å². The van der Waals surface area contributed by atoms with Crippen molar-refractivity contribution in [3.8, 4) is 0 Å². The molecule has 0 radical (unpaired) electrons. The number of benzene rings is 1. The van der Waals surface area contributed by atoms with Crippen molar-refractivity contribution in [2.45, 2.75) is 12.6 Å². The summed E-state index contributed by atoms with van der Waals surface area (Å²) in [6.45, 7) is -0.0330. The summed E-state index contributed by atoms with van der Waals surface area (Å²) in [5, 5.41) is 4.86. The summed E-state index contributed by atoms with van der Waals surface area (Å²) in [4.78, 5) is 36.2. The van der Waals surface area contributed by atoms with E-state index in [1.165, 1.54) is 12.0 Å². The van der Waals surface area contributed by atoms with Gasteiger partial charge in [0.15, 0.2) is 0 Å². The molecule has 1 aromatic rings. The number of methoxy groups -OCH3 is 1. The molecule has 1 atom stereocenters. The van der Waals surface area contributed by atoms with E-state index in [2.05, 4.69) is 15.4 Å². The zero-order valence-electron chi connectivity index (χ0n) is 13.4. The Morgan fingerprint density at radius 1 is 1.17 bits per heavy atom. The molecule has 0 saturated heterocycles. The number of hydrogen-bond acceptors (Lipinski definition) is 5. The molecule has 0 aliphatic carbocycles. The van der Waals surface area contributed by atoms with E-state index in [0.717, 1.165) is 5.56 Å². The summed E-state index contributed by atoms with van der Waals surface area (Å²) >= 11 is 0. The average molecular weight is 323 g/mol. The fourth-order valence-electron chi connectivity index (χ4n) is 1.59. The lowest BCUT2D eigenvalue weighted by molar-refractivity contribution is -0.142. The average Bonchev–Trinajstić information content (AvgIpc) is 2.56. The molecule has 0 aliphatic rings. The van der Waals surface area contributed by atoms with Crippen LogP contribution in [0.15, 0.2) is 30.3 Å². The Balaban J connectivity index is 2.50. The van der Waals surface area contributed by atoms with Gasteiger partial charge < -0.3 is 25.0 Å². The largest absolute Gasteiger partial charge is 0.467 e. The van der Waals surface area contributed by atoms with Crippen molar-refractivity contribution in [1.29, 1.82) is 0 Å². The Labute approximate surface area is 134 Å². The number of hydrogen-bond donors (Lipinski definition) is 2. The molecule has 8 nitrogen and oxygen atoms in total. The second-order valence-corrected chi connectivity index (χ2v) is 4.86. The van der Waals surface area contributed by atoms with E-state index in [0.29, 0.717) is 0 Å². The van der Waals surface area contributed by atoms with Crippen molar-refractivity contribution in [2.75, 3.05) is 27.7 Å². The summed E-state index contributed by atoms with van der Waals surface area (Å²) in [6, 6.07) is 7.69. The summed E-state index contributed by atoms with van der Waals surface area (Å²) in [7, 11) is 4.31. The standard InChI is InChI=1S/C15H21N3O5/c1-18(2)14(20)16-9-12(13(19)22-3)17-15(21)23-10-11-7-5-4-6-8-11/h4-8,12H,9-10H2,1-3H3,(H,16,20)(H,17,21)/t12-/m0/s1. The highest BCUT2D eigenvalue weighted by atomic mass is 16.6. The van der Waals surface area contributed by atoms with Gasteiger partial charge in [-0.05, 0) is 5.56 Å². The van der Waals surface area contributed by atoms with Crippen molar-refractivity contribution >= 4 is 18.1 Å². The van der Waals surface area contributed by atoms with Gasteiger partial charge >= 0.3 is 18.1 Å². The first-order chi connectivity index (χ1) is 10.9. The number of rotatable bonds is 6. The van der Waals surface area contributed by atoms with Gasteiger partial charge in [0, 0.05) is 14.1 Å². The maximum absolute atomic E-state index is 11.8. The van der Waals surface area contributed by atoms with E-state index in [1.807, 2.05) is 30.3 Å². The van der Waals surface area contributed by atoms with Crippen LogP contribution in [0.1, 0.15) is 5.56 Å². The molecule has 126 valence electrons. The van der Waals surface area contributed by atoms with Crippen LogP contribution in [0.4, 0.5) is 9.59 Å². The molecule has 3 amide bonds.